The summed E-state index contributed by atoms with van der Waals surface area (Å²) >= 11 is 0. The molecule has 1 aromatic rings. The van der Waals surface area contributed by atoms with E-state index in [1.807, 2.05) is 24.3 Å². The standard InChI is InChI=1S/C12H17NO3/c1-13(9-12(14)15)7-6-10-4-3-5-11(8-10)16-2/h3-5,8H,6-7,9H2,1-2H3,(H,14,15). The molecule has 0 atom stereocenters. The van der Waals surface area contributed by atoms with Crippen molar-refractivity contribution in [3.8, 4) is 5.75 Å². The van der Waals surface area contributed by atoms with Crippen molar-refractivity contribution < 1.29 is 14.6 Å². The lowest BCUT2D eigenvalue weighted by Crippen LogP contribution is -2.27. The molecule has 0 aliphatic rings. The minimum atomic E-state index is -0.798. The summed E-state index contributed by atoms with van der Waals surface area (Å²) in [7, 11) is 3.43. The van der Waals surface area contributed by atoms with E-state index in [1.165, 1.54) is 0 Å². The summed E-state index contributed by atoms with van der Waals surface area (Å²) in [6.07, 6.45) is 0.820. The number of methoxy groups -OCH3 is 1. The molecule has 1 rings (SSSR count). The van der Waals surface area contributed by atoms with Crippen LogP contribution in [0.4, 0.5) is 0 Å². The van der Waals surface area contributed by atoms with Gasteiger partial charge in [-0.15, -0.1) is 0 Å². The van der Waals surface area contributed by atoms with Crippen molar-refractivity contribution in [1.82, 2.24) is 4.90 Å². The van der Waals surface area contributed by atoms with Gasteiger partial charge in [0, 0.05) is 6.54 Å². The molecule has 4 nitrogen and oxygen atoms in total. The molecule has 0 fully saturated rings. The number of nitrogens with zero attached hydrogens (tertiary/aromatic N) is 1. The summed E-state index contributed by atoms with van der Waals surface area (Å²) in [5.74, 6) is 0.0338. The number of hydrogen-bond acceptors (Lipinski definition) is 3. The topological polar surface area (TPSA) is 49.8 Å². The molecule has 0 spiro atoms. The molecular formula is C12H17NO3. The van der Waals surface area contributed by atoms with Crippen LogP contribution in [0.15, 0.2) is 24.3 Å². The second-order valence-corrected chi connectivity index (χ2v) is 3.73. The smallest absolute Gasteiger partial charge is 0.317 e. The van der Waals surface area contributed by atoms with Crippen molar-refractivity contribution in [3.63, 3.8) is 0 Å². The van der Waals surface area contributed by atoms with Crippen LogP contribution in [0.25, 0.3) is 0 Å². The van der Waals surface area contributed by atoms with Crippen LogP contribution in [-0.4, -0.2) is 43.2 Å². The molecule has 0 heterocycles. The SMILES string of the molecule is COc1cccc(CCN(C)CC(=O)O)c1. The molecule has 88 valence electrons. The molecule has 0 bridgehead atoms. The summed E-state index contributed by atoms with van der Waals surface area (Å²) < 4.78 is 5.12. The van der Waals surface area contributed by atoms with E-state index in [0.717, 1.165) is 24.3 Å². The highest BCUT2D eigenvalue weighted by molar-refractivity contribution is 5.68. The van der Waals surface area contributed by atoms with Gasteiger partial charge in [-0.1, -0.05) is 12.1 Å². The van der Waals surface area contributed by atoms with E-state index in [1.54, 1.807) is 19.1 Å². The molecule has 4 heteroatoms. The number of likely N-dealkylation sites (N-methyl/N-ethyl adjacent to an activating group) is 1. The van der Waals surface area contributed by atoms with E-state index in [9.17, 15) is 4.79 Å². The van der Waals surface area contributed by atoms with Gasteiger partial charge in [0.25, 0.3) is 0 Å². The minimum absolute atomic E-state index is 0.0734. The van der Waals surface area contributed by atoms with Crippen molar-refractivity contribution >= 4 is 5.97 Å². The van der Waals surface area contributed by atoms with Crippen molar-refractivity contribution in [1.29, 1.82) is 0 Å². The number of carbonyl (C=O) groups is 1. The zero-order valence-corrected chi connectivity index (χ0v) is 9.64. The maximum atomic E-state index is 10.5. The maximum Gasteiger partial charge on any atom is 0.317 e. The lowest BCUT2D eigenvalue weighted by molar-refractivity contribution is -0.137. The highest BCUT2D eigenvalue weighted by atomic mass is 16.5. The monoisotopic (exact) mass is 223 g/mol. The maximum absolute atomic E-state index is 10.5. The van der Waals surface area contributed by atoms with Crippen LogP contribution in [0.5, 0.6) is 5.75 Å². The molecule has 1 aromatic carbocycles. The number of rotatable bonds is 6. The zero-order valence-electron chi connectivity index (χ0n) is 9.64. The Morgan fingerprint density at radius 2 is 2.25 bits per heavy atom. The van der Waals surface area contributed by atoms with E-state index in [4.69, 9.17) is 9.84 Å². The van der Waals surface area contributed by atoms with Crippen molar-refractivity contribution in [2.24, 2.45) is 0 Å². The minimum Gasteiger partial charge on any atom is -0.497 e. The summed E-state index contributed by atoms with van der Waals surface area (Å²) in [5, 5.41) is 8.60. The largest absolute Gasteiger partial charge is 0.497 e. The van der Waals surface area contributed by atoms with Crippen LogP contribution in [0.2, 0.25) is 0 Å². The molecule has 0 amide bonds. The van der Waals surface area contributed by atoms with Gasteiger partial charge >= 0.3 is 5.97 Å². The Bertz CT molecular complexity index is 352. The summed E-state index contributed by atoms with van der Waals surface area (Å²) in [6.45, 7) is 0.795. The number of carboxylic acid groups (broad SMARTS) is 1. The predicted octanol–water partition coefficient (Wildman–Crippen LogP) is 1.25. The lowest BCUT2D eigenvalue weighted by Gasteiger charge is -2.13. The third kappa shape index (κ3) is 4.31. The predicted molar refractivity (Wildman–Crippen MR) is 61.8 cm³/mol. The molecule has 0 aliphatic heterocycles. The summed E-state index contributed by atoms with van der Waals surface area (Å²) in [5.41, 5.74) is 1.15. The van der Waals surface area contributed by atoms with Crippen LogP contribution in [0.1, 0.15) is 5.56 Å². The van der Waals surface area contributed by atoms with Gasteiger partial charge in [-0.25, -0.2) is 0 Å². The number of ether oxygens (including phenoxy) is 1. The number of hydrogen-bond donors (Lipinski definition) is 1. The fraction of sp³-hybridized carbons (Fsp3) is 0.417. The average Bonchev–Trinajstić information content (AvgIpc) is 2.26. The third-order valence-corrected chi connectivity index (χ3v) is 2.32. The van der Waals surface area contributed by atoms with Crippen molar-refractivity contribution in [2.45, 2.75) is 6.42 Å². The van der Waals surface area contributed by atoms with Crippen LogP contribution >= 0.6 is 0 Å². The van der Waals surface area contributed by atoms with Gasteiger partial charge in [-0.2, -0.15) is 0 Å². The van der Waals surface area contributed by atoms with Crippen LogP contribution < -0.4 is 4.74 Å². The van der Waals surface area contributed by atoms with Crippen molar-refractivity contribution in [2.75, 3.05) is 27.2 Å². The van der Waals surface area contributed by atoms with E-state index < -0.39 is 5.97 Å². The van der Waals surface area contributed by atoms with E-state index in [0.29, 0.717) is 0 Å². The van der Waals surface area contributed by atoms with Gasteiger partial charge in [0.05, 0.1) is 13.7 Å². The Hall–Kier alpha value is -1.55. The first-order chi connectivity index (χ1) is 7.61. The lowest BCUT2D eigenvalue weighted by atomic mass is 10.1. The fourth-order valence-electron chi connectivity index (χ4n) is 1.46. The molecule has 0 radical (unpaired) electrons. The first kappa shape index (κ1) is 12.5. The van der Waals surface area contributed by atoms with Crippen LogP contribution in [0.3, 0.4) is 0 Å². The molecule has 0 unspecified atom stereocenters. The van der Waals surface area contributed by atoms with Crippen LogP contribution in [0, 0.1) is 0 Å². The Labute approximate surface area is 95.5 Å². The van der Waals surface area contributed by atoms with Gasteiger partial charge in [0.15, 0.2) is 0 Å². The Balaban J connectivity index is 2.44. The molecule has 1 N–H and O–H groups in total. The normalized spacial score (nSPS) is 10.4. The van der Waals surface area contributed by atoms with Gasteiger partial charge < -0.3 is 9.84 Å². The summed E-state index contributed by atoms with van der Waals surface area (Å²) in [4.78, 5) is 12.2. The zero-order chi connectivity index (χ0) is 12.0. The molecule has 0 aliphatic carbocycles. The average molecular weight is 223 g/mol. The Morgan fingerprint density at radius 3 is 2.88 bits per heavy atom. The number of carboxylic acids is 1. The van der Waals surface area contributed by atoms with Gasteiger partial charge in [-0.3, -0.25) is 9.69 Å². The second-order valence-electron chi connectivity index (χ2n) is 3.73. The number of benzene rings is 1. The van der Waals surface area contributed by atoms with Gasteiger partial charge in [0.1, 0.15) is 5.75 Å². The highest BCUT2D eigenvalue weighted by Gasteiger charge is 2.04. The van der Waals surface area contributed by atoms with E-state index >= 15 is 0 Å². The Kier molecular flexibility index (Phi) is 4.79. The first-order valence-electron chi connectivity index (χ1n) is 5.15. The molecular weight excluding hydrogens is 206 g/mol. The third-order valence-electron chi connectivity index (χ3n) is 2.32. The molecule has 0 saturated carbocycles. The van der Waals surface area contributed by atoms with E-state index in [-0.39, 0.29) is 6.54 Å². The molecule has 0 aromatic heterocycles. The van der Waals surface area contributed by atoms with E-state index in [2.05, 4.69) is 0 Å². The molecule has 0 saturated heterocycles. The highest BCUT2D eigenvalue weighted by Crippen LogP contribution is 2.12. The van der Waals surface area contributed by atoms with Gasteiger partial charge in [-0.05, 0) is 31.2 Å². The first-order valence-corrected chi connectivity index (χ1v) is 5.15. The van der Waals surface area contributed by atoms with Crippen molar-refractivity contribution in [3.05, 3.63) is 29.8 Å². The number of aliphatic carboxylic acids is 1. The second kappa shape index (κ2) is 6.12. The van der Waals surface area contributed by atoms with Crippen LogP contribution in [-0.2, 0) is 11.2 Å². The Morgan fingerprint density at radius 1 is 1.50 bits per heavy atom. The fourth-order valence-corrected chi connectivity index (χ4v) is 1.46. The quantitative estimate of drug-likeness (QED) is 0.788. The van der Waals surface area contributed by atoms with Gasteiger partial charge in [0.2, 0.25) is 0 Å². The summed E-state index contributed by atoms with van der Waals surface area (Å²) in [6, 6.07) is 7.81. The molecule has 16 heavy (non-hydrogen) atoms.